The molecular formula is C23H25N5O3S. The van der Waals surface area contributed by atoms with E-state index in [0.717, 1.165) is 24.1 Å². The zero-order valence-corrected chi connectivity index (χ0v) is 18.4. The van der Waals surface area contributed by atoms with Crippen LogP contribution in [0.15, 0.2) is 70.3 Å². The van der Waals surface area contributed by atoms with Gasteiger partial charge >= 0.3 is 6.03 Å². The fourth-order valence-corrected chi connectivity index (χ4v) is 4.07. The van der Waals surface area contributed by atoms with Crippen LogP contribution in [0.1, 0.15) is 30.2 Å². The van der Waals surface area contributed by atoms with E-state index < -0.39 is 0 Å². The summed E-state index contributed by atoms with van der Waals surface area (Å²) >= 11 is 1.23. The van der Waals surface area contributed by atoms with Gasteiger partial charge in [-0.1, -0.05) is 60.3 Å². The molecule has 166 valence electrons. The smallest absolute Gasteiger partial charge is 0.321 e. The van der Waals surface area contributed by atoms with Crippen molar-refractivity contribution in [2.24, 2.45) is 0 Å². The van der Waals surface area contributed by atoms with Crippen LogP contribution in [0.5, 0.6) is 0 Å². The van der Waals surface area contributed by atoms with Gasteiger partial charge in [0.15, 0.2) is 0 Å². The fraction of sp³-hybridized carbons (Fsp3) is 0.304. The summed E-state index contributed by atoms with van der Waals surface area (Å²) in [4.78, 5) is 26.3. The predicted molar refractivity (Wildman–Crippen MR) is 122 cm³/mol. The van der Waals surface area contributed by atoms with Crippen LogP contribution in [-0.2, 0) is 11.3 Å². The van der Waals surface area contributed by atoms with Crippen LogP contribution in [0, 0.1) is 0 Å². The van der Waals surface area contributed by atoms with E-state index in [1.165, 1.54) is 11.8 Å². The number of nitrogens with zero attached hydrogens (tertiary/aromatic N) is 3. The molecule has 32 heavy (non-hydrogen) atoms. The maximum absolute atomic E-state index is 12.4. The highest BCUT2D eigenvalue weighted by atomic mass is 32.2. The predicted octanol–water partition coefficient (Wildman–Crippen LogP) is 3.89. The number of carbonyl (C=O) groups excluding carboxylic acids is 2. The van der Waals surface area contributed by atoms with Crippen molar-refractivity contribution in [2.45, 2.75) is 30.5 Å². The number of benzene rings is 2. The first kappa shape index (κ1) is 21.9. The van der Waals surface area contributed by atoms with Gasteiger partial charge in [0.1, 0.15) is 0 Å². The number of amides is 3. The fourth-order valence-electron chi connectivity index (χ4n) is 3.47. The van der Waals surface area contributed by atoms with Gasteiger partial charge in [-0.3, -0.25) is 4.79 Å². The lowest BCUT2D eigenvalue weighted by Gasteiger charge is -2.30. The summed E-state index contributed by atoms with van der Waals surface area (Å²) in [5.74, 6) is 0.813. The lowest BCUT2D eigenvalue weighted by atomic mass is 9.97. The lowest BCUT2D eigenvalue weighted by Crippen LogP contribution is -2.40. The number of hydrogen-bond donors (Lipinski definition) is 2. The number of carbonyl (C=O) groups is 2. The molecule has 8 nitrogen and oxygen atoms in total. The first-order chi connectivity index (χ1) is 15.7. The second kappa shape index (κ2) is 10.8. The maximum Gasteiger partial charge on any atom is 0.321 e. The molecular weight excluding hydrogens is 426 g/mol. The summed E-state index contributed by atoms with van der Waals surface area (Å²) in [6.07, 6.45) is 1.51. The molecule has 0 bridgehead atoms. The molecule has 1 aliphatic heterocycles. The molecule has 2 heterocycles. The number of para-hydroxylation sites is 1. The van der Waals surface area contributed by atoms with Crippen LogP contribution in [0.3, 0.4) is 0 Å². The molecule has 1 saturated heterocycles. The third kappa shape index (κ3) is 6.10. The van der Waals surface area contributed by atoms with Gasteiger partial charge in [-0.15, -0.1) is 10.2 Å². The molecule has 0 unspecified atom stereocenters. The molecule has 9 heteroatoms. The maximum atomic E-state index is 12.4. The Balaban J connectivity index is 1.19. The Morgan fingerprint density at radius 3 is 2.41 bits per heavy atom. The van der Waals surface area contributed by atoms with Crippen LogP contribution < -0.4 is 10.6 Å². The Hall–Kier alpha value is -3.33. The molecule has 3 amide bonds. The van der Waals surface area contributed by atoms with E-state index >= 15 is 0 Å². The normalized spacial score (nSPS) is 14.2. The molecule has 2 aromatic carbocycles. The first-order valence-electron chi connectivity index (χ1n) is 10.5. The van der Waals surface area contributed by atoms with E-state index in [1.54, 1.807) is 4.90 Å². The largest absolute Gasteiger partial charge is 0.416 e. The number of piperidine rings is 1. The Morgan fingerprint density at radius 2 is 1.69 bits per heavy atom. The molecule has 4 rings (SSSR count). The minimum absolute atomic E-state index is 0.0867. The quantitative estimate of drug-likeness (QED) is 0.529. The van der Waals surface area contributed by atoms with Crippen molar-refractivity contribution < 1.29 is 14.0 Å². The van der Waals surface area contributed by atoms with Gasteiger partial charge in [0.25, 0.3) is 5.22 Å². The molecule has 2 N–H and O–H groups in total. The minimum Gasteiger partial charge on any atom is -0.416 e. The van der Waals surface area contributed by atoms with Crippen molar-refractivity contribution in [3.8, 4) is 0 Å². The highest BCUT2D eigenvalue weighted by Gasteiger charge is 2.27. The molecule has 3 aromatic rings. The van der Waals surface area contributed by atoms with Crippen LogP contribution in [0.25, 0.3) is 0 Å². The van der Waals surface area contributed by atoms with Crippen molar-refractivity contribution in [3.63, 3.8) is 0 Å². The second-order valence-electron chi connectivity index (χ2n) is 7.51. The Labute approximate surface area is 190 Å². The van der Waals surface area contributed by atoms with Gasteiger partial charge in [0.05, 0.1) is 5.75 Å². The van der Waals surface area contributed by atoms with Gasteiger partial charge in [-0.25, -0.2) is 4.79 Å². The van der Waals surface area contributed by atoms with E-state index in [9.17, 15) is 9.59 Å². The minimum atomic E-state index is -0.0991. The van der Waals surface area contributed by atoms with E-state index in [4.69, 9.17) is 4.42 Å². The van der Waals surface area contributed by atoms with Crippen LogP contribution in [-0.4, -0.2) is 45.9 Å². The van der Waals surface area contributed by atoms with Crippen LogP contribution >= 0.6 is 11.8 Å². The number of rotatable bonds is 7. The Bertz CT molecular complexity index is 1020. The average Bonchev–Trinajstić information content (AvgIpc) is 3.32. The number of hydrogen-bond acceptors (Lipinski definition) is 6. The van der Waals surface area contributed by atoms with Crippen molar-refractivity contribution >= 4 is 29.4 Å². The number of nitrogens with one attached hydrogen (secondary N) is 2. The molecule has 0 spiro atoms. The van der Waals surface area contributed by atoms with Crippen molar-refractivity contribution in [2.75, 3.05) is 24.2 Å². The van der Waals surface area contributed by atoms with E-state index in [2.05, 4.69) is 20.8 Å². The summed E-state index contributed by atoms with van der Waals surface area (Å²) in [7, 11) is 0. The van der Waals surface area contributed by atoms with E-state index in [-0.39, 0.29) is 23.6 Å². The van der Waals surface area contributed by atoms with E-state index in [0.29, 0.717) is 30.7 Å². The molecule has 0 aliphatic carbocycles. The average molecular weight is 452 g/mol. The van der Waals surface area contributed by atoms with Gasteiger partial charge in [0, 0.05) is 31.2 Å². The van der Waals surface area contributed by atoms with Gasteiger partial charge < -0.3 is 20.0 Å². The standard InChI is InChI=1S/C23H25N5O3S/c29-20(24-15-17-7-3-1-4-8-17)16-32-23-27-26-21(31-23)18-11-13-28(14-12-18)22(30)25-19-9-5-2-6-10-19/h1-10,18H,11-16H2,(H,24,29)(H,25,30). The summed E-state index contributed by atoms with van der Waals surface area (Å²) in [5.41, 5.74) is 1.83. The van der Waals surface area contributed by atoms with E-state index in [1.807, 2.05) is 60.7 Å². The number of aromatic nitrogens is 2. The first-order valence-corrected chi connectivity index (χ1v) is 11.5. The summed E-state index contributed by atoms with van der Waals surface area (Å²) in [6.45, 7) is 1.73. The van der Waals surface area contributed by atoms with Crippen molar-refractivity contribution in [1.29, 1.82) is 0 Å². The Kier molecular flexibility index (Phi) is 7.39. The van der Waals surface area contributed by atoms with Crippen molar-refractivity contribution in [1.82, 2.24) is 20.4 Å². The molecule has 1 aromatic heterocycles. The Morgan fingerprint density at radius 1 is 1.00 bits per heavy atom. The number of likely N-dealkylation sites (tertiary alicyclic amines) is 1. The summed E-state index contributed by atoms with van der Waals surface area (Å²) in [5, 5.41) is 14.4. The van der Waals surface area contributed by atoms with Crippen LogP contribution in [0.4, 0.5) is 10.5 Å². The third-order valence-corrected chi connectivity index (χ3v) is 6.06. The third-order valence-electron chi connectivity index (χ3n) is 5.24. The van der Waals surface area contributed by atoms with Gasteiger partial charge in [-0.05, 0) is 30.5 Å². The van der Waals surface area contributed by atoms with Gasteiger partial charge in [0.2, 0.25) is 11.8 Å². The lowest BCUT2D eigenvalue weighted by molar-refractivity contribution is -0.118. The zero-order chi connectivity index (χ0) is 22.2. The second-order valence-corrected chi connectivity index (χ2v) is 8.44. The number of urea groups is 1. The zero-order valence-electron chi connectivity index (χ0n) is 17.6. The molecule has 1 fully saturated rings. The topological polar surface area (TPSA) is 100 Å². The molecule has 0 atom stereocenters. The molecule has 1 aliphatic rings. The van der Waals surface area contributed by atoms with Crippen molar-refractivity contribution in [3.05, 3.63) is 72.1 Å². The highest BCUT2D eigenvalue weighted by molar-refractivity contribution is 7.99. The number of thioether (sulfide) groups is 1. The highest BCUT2D eigenvalue weighted by Crippen LogP contribution is 2.29. The molecule has 0 radical (unpaired) electrons. The summed E-state index contributed by atoms with van der Waals surface area (Å²) < 4.78 is 5.77. The number of anilines is 1. The SMILES string of the molecule is O=C(CSc1nnc(C2CCN(C(=O)Nc3ccccc3)CC2)o1)NCc1ccccc1. The van der Waals surface area contributed by atoms with Crippen LogP contribution in [0.2, 0.25) is 0 Å². The molecule has 0 saturated carbocycles. The van der Waals surface area contributed by atoms with Gasteiger partial charge in [-0.2, -0.15) is 0 Å². The summed E-state index contributed by atoms with van der Waals surface area (Å²) in [6, 6.07) is 19.1. The monoisotopic (exact) mass is 451 g/mol.